The van der Waals surface area contributed by atoms with Gasteiger partial charge in [0.1, 0.15) is 9.84 Å². The Morgan fingerprint density at radius 3 is 2.27 bits per heavy atom. The summed E-state index contributed by atoms with van der Waals surface area (Å²) in [5, 5.41) is 0. The molecule has 0 radical (unpaired) electrons. The normalized spacial score (nSPS) is 14.5. The highest BCUT2D eigenvalue weighted by Gasteiger charge is 2.13. The smallest absolute Gasteiger partial charge is 0.149 e. The summed E-state index contributed by atoms with van der Waals surface area (Å²) in [6.07, 6.45) is 1.17. The third kappa shape index (κ3) is 4.94. The van der Waals surface area contributed by atoms with Crippen LogP contribution in [0.15, 0.2) is 12.2 Å². The van der Waals surface area contributed by atoms with E-state index in [1.807, 2.05) is 0 Å². The fourth-order valence-electron chi connectivity index (χ4n) is 0.635. The highest BCUT2D eigenvalue weighted by Crippen LogP contribution is 1.99. The van der Waals surface area contributed by atoms with Gasteiger partial charge in [-0.2, -0.15) is 0 Å². The fourth-order valence-corrected chi connectivity index (χ4v) is 1.62. The maximum atomic E-state index is 10.8. The van der Waals surface area contributed by atoms with E-state index in [0.717, 1.165) is 5.57 Å². The molecule has 0 amide bonds. The van der Waals surface area contributed by atoms with E-state index in [1.54, 1.807) is 6.92 Å². The van der Waals surface area contributed by atoms with Gasteiger partial charge < -0.3 is 0 Å². The van der Waals surface area contributed by atoms with Gasteiger partial charge in [0.05, 0.1) is 11.8 Å². The summed E-state index contributed by atoms with van der Waals surface area (Å²) in [5.41, 5.74) is 3.10. The van der Waals surface area contributed by atoms with Crippen LogP contribution < -0.4 is 11.3 Å². The number of hydrogen-bond acceptors (Lipinski definition) is 4. The van der Waals surface area contributed by atoms with Crippen LogP contribution in [0.25, 0.3) is 0 Å². The minimum absolute atomic E-state index is 0.00116. The maximum Gasteiger partial charge on any atom is 0.149 e. The lowest BCUT2D eigenvalue weighted by Gasteiger charge is -2.13. The van der Waals surface area contributed by atoms with Gasteiger partial charge in [-0.15, -0.1) is 0 Å². The Balaban J connectivity index is 4.22. The van der Waals surface area contributed by atoms with E-state index in [4.69, 9.17) is 5.84 Å². The van der Waals surface area contributed by atoms with Crippen LogP contribution in [0, 0.1) is 0 Å². The van der Waals surface area contributed by atoms with Crippen LogP contribution in [0.5, 0.6) is 0 Å². The van der Waals surface area contributed by atoms with Crippen molar-refractivity contribution in [2.24, 2.45) is 5.84 Å². The Hall–Kier alpha value is -0.390. The monoisotopic (exact) mass is 178 g/mol. The zero-order valence-corrected chi connectivity index (χ0v) is 7.61. The van der Waals surface area contributed by atoms with Crippen LogP contribution in [0.3, 0.4) is 0 Å². The number of sulfone groups is 1. The van der Waals surface area contributed by atoms with Crippen molar-refractivity contribution in [2.45, 2.75) is 13.0 Å². The lowest BCUT2D eigenvalue weighted by molar-refractivity contribution is 0.579. The van der Waals surface area contributed by atoms with Gasteiger partial charge in [0, 0.05) is 6.26 Å². The number of nitrogens with one attached hydrogen (secondary N) is 1. The topological polar surface area (TPSA) is 72.2 Å². The van der Waals surface area contributed by atoms with Gasteiger partial charge >= 0.3 is 0 Å². The lowest BCUT2D eigenvalue weighted by atomic mass is 10.2. The molecule has 1 unspecified atom stereocenters. The molecule has 0 saturated heterocycles. The molecule has 0 aromatic heterocycles. The van der Waals surface area contributed by atoms with Crippen molar-refractivity contribution in [3.8, 4) is 0 Å². The molecule has 66 valence electrons. The predicted molar refractivity (Wildman–Crippen MR) is 45.6 cm³/mol. The molecular weight excluding hydrogens is 164 g/mol. The first-order chi connectivity index (χ1) is 4.87. The second kappa shape index (κ2) is 3.85. The van der Waals surface area contributed by atoms with Gasteiger partial charge in [-0.05, 0) is 6.92 Å². The molecule has 0 aliphatic heterocycles. The second-order valence-corrected chi connectivity index (χ2v) is 4.84. The first-order valence-electron chi connectivity index (χ1n) is 3.16. The molecule has 0 heterocycles. The molecular formula is C6H14N2O2S. The molecule has 0 spiro atoms. The minimum atomic E-state index is -2.98. The van der Waals surface area contributed by atoms with Gasteiger partial charge in [0.15, 0.2) is 0 Å². The number of hydrogen-bond donors (Lipinski definition) is 2. The molecule has 5 heteroatoms. The molecule has 3 N–H and O–H groups in total. The van der Waals surface area contributed by atoms with E-state index >= 15 is 0 Å². The summed E-state index contributed by atoms with van der Waals surface area (Å²) >= 11 is 0. The Morgan fingerprint density at radius 2 is 2.18 bits per heavy atom. The minimum Gasteiger partial charge on any atom is -0.271 e. The van der Waals surface area contributed by atoms with Crippen LogP contribution in [0.2, 0.25) is 0 Å². The Labute approximate surface area is 67.4 Å². The van der Waals surface area contributed by atoms with E-state index in [2.05, 4.69) is 12.0 Å². The molecule has 0 aromatic rings. The van der Waals surface area contributed by atoms with Crippen LogP contribution >= 0.6 is 0 Å². The zero-order valence-electron chi connectivity index (χ0n) is 6.79. The van der Waals surface area contributed by atoms with Crippen LogP contribution in [0.1, 0.15) is 6.92 Å². The van der Waals surface area contributed by atoms with Crippen molar-refractivity contribution in [1.82, 2.24) is 5.43 Å². The molecule has 11 heavy (non-hydrogen) atoms. The van der Waals surface area contributed by atoms with Crippen LogP contribution in [-0.4, -0.2) is 26.5 Å². The first kappa shape index (κ1) is 10.6. The molecule has 4 nitrogen and oxygen atoms in total. The summed E-state index contributed by atoms with van der Waals surface area (Å²) in [6.45, 7) is 5.34. The molecule has 0 aliphatic rings. The SMILES string of the molecule is C=C(C)C(CS(C)(=O)=O)NN. The van der Waals surface area contributed by atoms with Gasteiger partial charge in [-0.1, -0.05) is 12.2 Å². The maximum absolute atomic E-state index is 10.8. The van der Waals surface area contributed by atoms with Crippen molar-refractivity contribution in [1.29, 1.82) is 0 Å². The van der Waals surface area contributed by atoms with E-state index in [0.29, 0.717) is 0 Å². The molecule has 0 rings (SSSR count). The molecule has 0 aromatic carbocycles. The van der Waals surface area contributed by atoms with E-state index in [9.17, 15) is 8.42 Å². The third-order valence-corrected chi connectivity index (χ3v) is 2.20. The van der Waals surface area contributed by atoms with Crippen molar-refractivity contribution in [2.75, 3.05) is 12.0 Å². The van der Waals surface area contributed by atoms with E-state index in [1.165, 1.54) is 6.26 Å². The fraction of sp³-hybridized carbons (Fsp3) is 0.667. The van der Waals surface area contributed by atoms with Gasteiger partial charge in [-0.3, -0.25) is 11.3 Å². The molecule has 0 bridgehead atoms. The average molecular weight is 178 g/mol. The number of rotatable bonds is 4. The first-order valence-corrected chi connectivity index (χ1v) is 5.22. The summed E-state index contributed by atoms with van der Waals surface area (Å²) in [6, 6.07) is -0.343. The van der Waals surface area contributed by atoms with Crippen molar-refractivity contribution in [3.63, 3.8) is 0 Å². The zero-order chi connectivity index (χ0) is 9.07. The van der Waals surface area contributed by atoms with Gasteiger partial charge in [0.25, 0.3) is 0 Å². The average Bonchev–Trinajstić information content (AvgIpc) is 1.80. The van der Waals surface area contributed by atoms with Crippen LogP contribution in [0.4, 0.5) is 0 Å². The quantitative estimate of drug-likeness (QED) is 0.344. The van der Waals surface area contributed by atoms with Crippen molar-refractivity contribution < 1.29 is 8.42 Å². The van der Waals surface area contributed by atoms with Crippen LogP contribution in [-0.2, 0) is 9.84 Å². The third-order valence-electron chi connectivity index (χ3n) is 1.27. The summed E-state index contributed by atoms with van der Waals surface area (Å²) in [4.78, 5) is 0. The standard InChI is InChI=1S/C6H14N2O2S/c1-5(2)6(8-7)4-11(3,9)10/h6,8H,1,4,7H2,2-3H3. The molecule has 0 aliphatic carbocycles. The van der Waals surface area contributed by atoms with E-state index in [-0.39, 0.29) is 11.8 Å². The largest absolute Gasteiger partial charge is 0.271 e. The van der Waals surface area contributed by atoms with E-state index < -0.39 is 9.84 Å². The summed E-state index contributed by atoms with van der Waals surface area (Å²) in [7, 11) is -2.98. The lowest BCUT2D eigenvalue weighted by Crippen LogP contribution is -2.40. The highest BCUT2D eigenvalue weighted by molar-refractivity contribution is 7.90. The highest BCUT2D eigenvalue weighted by atomic mass is 32.2. The Morgan fingerprint density at radius 1 is 1.73 bits per heavy atom. The van der Waals surface area contributed by atoms with Gasteiger partial charge in [-0.25, -0.2) is 8.42 Å². The molecule has 0 saturated carbocycles. The van der Waals surface area contributed by atoms with Crippen molar-refractivity contribution in [3.05, 3.63) is 12.2 Å². The Kier molecular flexibility index (Phi) is 3.71. The number of hydrazine groups is 1. The summed E-state index contributed by atoms with van der Waals surface area (Å²) in [5.74, 6) is 5.10. The molecule has 0 fully saturated rings. The predicted octanol–water partition coefficient (Wildman–Crippen LogP) is -0.561. The summed E-state index contributed by atoms with van der Waals surface area (Å²) < 4.78 is 21.5. The Bertz CT molecular complexity index is 233. The van der Waals surface area contributed by atoms with Crippen molar-refractivity contribution >= 4 is 9.84 Å². The number of nitrogens with two attached hydrogens (primary N) is 1. The second-order valence-electron chi connectivity index (χ2n) is 2.66. The van der Waals surface area contributed by atoms with Gasteiger partial charge in [0.2, 0.25) is 0 Å². The molecule has 1 atom stereocenters.